The van der Waals surface area contributed by atoms with Crippen LogP contribution >= 0.6 is 11.6 Å². The van der Waals surface area contributed by atoms with E-state index in [-0.39, 0.29) is 28.4 Å². The smallest absolute Gasteiger partial charge is 0.278 e. The number of amides is 2. The third kappa shape index (κ3) is 3.97. The van der Waals surface area contributed by atoms with Crippen molar-refractivity contribution in [2.24, 2.45) is 0 Å². The average molecular weight is 433 g/mol. The minimum atomic E-state index is -4.67. The maximum atomic E-state index is 12.8. The number of carbonyl (C=O) groups excluding carboxylic acids is 2. The van der Waals surface area contributed by atoms with Gasteiger partial charge in [-0.3, -0.25) is 19.2 Å². The highest BCUT2D eigenvalue weighted by molar-refractivity contribution is 7.92. The number of sulfonamides is 1. The first kappa shape index (κ1) is 20.2. The van der Waals surface area contributed by atoms with Gasteiger partial charge in [-0.1, -0.05) is 11.6 Å². The first-order valence-corrected chi connectivity index (χ1v) is 9.70. The molecule has 1 saturated heterocycles. The Morgan fingerprint density at radius 3 is 2.07 bits per heavy atom. The highest BCUT2D eigenvalue weighted by atomic mass is 35.5. The fraction of sp³-hybridized carbons (Fsp3) is 0.176. The van der Waals surface area contributed by atoms with Crippen LogP contribution in [0.3, 0.4) is 0 Å². The molecule has 3 rings (SSSR count). The molecule has 148 valence electrons. The van der Waals surface area contributed by atoms with Crippen LogP contribution < -0.4 is 9.62 Å². The Labute approximate surface area is 163 Å². The second-order valence-electron chi connectivity index (χ2n) is 5.91. The van der Waals surface area contributed by atoms with E-state index in [0.717, 1.165) is 29.2 Å². The van der Waals surface area contributed by atoms with Gasteiger partial charge in [-0.2, -0.15) is 13.2 Å². The molecular formula is C17H12ClF3N2O4S. The van der Waals surface area contributed by atoms with Gasteiger partial charge in [0.1, 0.15) is 0 Å². The van der Waals surface area contributed by atoms with Crippen molar-refractivity contribution in [3.8, 4) is 0 Å². The molecule has 1 aliphatic rings. The van der Waals surface area contributed by atoms with E-state index < -0.39 is 39.3 Å². The number of imide groups is 1. The Balaban J connectivity index is 1.88. The first-order chi connectivity index (χ1) is 13.0. The lowest BCUT2D eigenvalue weighted by Gasteiger charge is -2.15. The van der Waals surface area contributed by atoms with E-state index in [1.807, 2.05) is 4.72 Å². The number of nitrogens with one attached hydrogen (secondary N) is 1. The number of rotatable bonds is 4. The lowest BCUT2D eigenvalue weighted by Crippen LogP contribution is -2.28. The predicted molar refractivity (Wildman–Crippen MR) is 95.4 cm³/mol. The molecular weight excluding hydrogens is 421 g/mol. The van der Waals surface area contributed by atoms with Crippen LogP contribution in [0.4, 0.5) is 24.5 Å². The molecule has 0 unspecified atom stereocenters. The third-order valence-corrected chi connectivity index (χ3v) is 5.71. The Morgan fingerprint density at radius 1 is 0.964 bits per heavy atom. The molecule has 2 aromatic carbocycles. The van der Waals surface area contributed by atoms with Crippen molar-refractivity contribution in [1.29, 1.82) is 0 Å². The van der Waals surface area contributed by atoms with Gasteiger partial charge in [0.25, 0.3) is 10.0 Å². The van der Waals surface area contributed by atoms with Crippen LogP contribution in [0.25, 0.3) is 0 Å². The van der Waals surface area contributed by atoms with Gasteiger partial charge in [0.2, 0.25) is 11.8 Å². The molecule has 0 bridgehead atoms. The van der Waals surface area contributed by atoms with Crippen LogP contribution in [0, 0.1) is 0 Å². The van der Waals surface area contributed by atoms with Crippen molar-refractivity contribution in [2.45, 2.75) is 23.9 Å². The summed E-state index contributed by atoms with van der Waals surface area (Å²) in [5, 5.41) is -0.207. The number of hydrogen-bond donors (Lipinski definition) is 1. The third-order valence-electron chi connectivity index (χ3n) is 3.99. The Hall–Kier alpha value is -2.59. The van der Waals surface area contributed by atoms with Gasteiger partial charge in [-0.05, 0) is 42.5 Å². The van der Waals surface area contributed by atoms with Crippen molar-refractivity contribution in [3.05, 3.63) is 53.1 Å². The van der Waals surface area contributed by atoms with Crippen molar-refractivity contribution in [1.82, 2.24) is 0 Å². The summed E-state index contributed by atoms with van der Waals surface area (Å²) < 4.78 is 65.5. The molecule has 2 amide bonds. The SMILES string of the molecule is O=C1CCC(=O)N1c1ccc(S(=O)(=O)Nc2cc(C(F)(F)F)ccc2Cl)cc1. The van der Waals surface area contributed by atoms with E-state index in [2.05, 4.69) is 0 Å². The average Bonchev–Trinajstić information content (AvgIpc) is 2.94. The summed E-state index contributed by atoms with van der Waals surface area (Å²) in [5.41, 5.74) is -1.27. The summed E-state index contributed by atoms with van der Waals surface area (Å²) in [6.45, 7) is 0. The van der Waals surface area contributed by atoms with Crippen molar-refractivity contribution < 1.29 is 31.2 Å². The molecule has 0 radical (unpaired) electrons. The summed E-state index contributed by atoms with van der Waals surface area (Å²) in [4.78, 5) is 24.1. The molecule has 6 nitrogen and oxygen atoms in total. The minimum Gasteiger partial charge on any atom is -0.278 e. The summed E-state index contributed by atoms with van der Waals surface area (Å²) in [5.74, 6) is -0.788. The van der Waals surface area contributed by atoms with Crippen LogP contribution in [0.5, 0.6) is 0 Å². The molecule has 11 heteroatoms. The Morgan fingerprint density at radius 2 is 1.54 bits per heavy atom. The summed E-state index contributed by atoms with van der Waals surface area (Å²) in [6, 6.07) is 7.08. The van der Waals surface area contributed by atoms with Crippen LogP contribution in [0.1, 0.15) is 18.4 Å². The quantitative estimate of drug-likeness (QED) is 0.744. The van der Waals surface area contributed by atoms with E-state index in [1.54, 1.807) is 0 Å². The summed E-state index contributed by atoms with van der Waals surface area (Å²) in [7, 11) is -4.26. The largest absolute Gasteiger partial charge is 0.416 e. The maximum Gasteiger partial charge on any atom is 0.416 e. The van der Waals surface area contributed by atoms with Gasteiger partial charge < -0.3 is 0 Å². The zero-order valence-corrected chi connectivity index (χ0v) is 15.5. The van der Waals surface area contributed by atoms with Gasteiger partial charge in [-0.15, -0.1) is 0 Å². The fourth-order valence-electron chi connectivity index (χ4n) is 2.62. The Kier molecular flexibility index (Phi) is 5.11. The number of anilines is 2. The monoisotopic (exact) mass is 432 g/mol. The maximum absolute atomic E-state index is 12.8. The van der Waals surface area contributed by atoms with Crippen LogP contribution in [-0.2, 0) is 25.8 Å². The minimum absolute atomic E-state index is 0.0779. The first-order valence-electron chi connectivity index (χ1n) is 7.84. The van der Waals surface area contributed by atoms with Gasteiger partial charge in [0.15, 0.2) is 0 Å². The number of benzene rings is 2. The highest BCUT2D eigenvalue weighted by Gasteiger charge is 2.32. The molecule has 0 aliphatic carbocycles. The Bertz CT molecular complexity index is 1040. The van der Waals surface area contributed by atoms with Crippen LogP contribution in [0.15, 0.2) is 47.4 Å². The molecule has 0 aromatic heterocycles. The normalized spacial score (nSPS) is 15.2. The summed E-state index contributed by atoms with van der Waals surface area (Å²) >= 11 is 5.81. The zero-order chi connectivity index (χ0) is 20.7. The van der Waals surface area contributed by atoms with Gasteiger partial charge in [0, 0.05) is 12.8 Å². The molecule has 2 aromatic rings. The second-order valence-corrected chi connectivity index (χ2v) is 8.00. The van der Waals surface area contributed by atoms with Gasteiger partial charge in [0.05, 0.1) is 26.9 Å². The van der Waals surface area contributed by atoms with E-state index in [1.165, 1.54) is 12.1 Å². The predicted octanol–water partition coefficient (Wildman–Crippen LogP) is 3.81. The van der Waals surface area contributed by atoms with Gasteiger partial charge >= 0.3 is 6.18 Å². The van der Waals surface area contributed by atoms with E-state index in [4.69, 9.17) is 11.6 Å². The highest BCUT2D eigenvalue weighted by Crippen LogP contribution is 2.34. The number of hydrogen-bond acceptors (Lipinski definition) is 4. The lowest BCUT2D eigenvalue weighted by molar-refractivity contribution is -0.137. The molecule has 1 N–H and O–H groups in total. The fourth-order valence-corrected chi connectivity index (χ4v) is 3.91. The number of halogens is 4. The topological polar surface area (TPSA) is 83.6 Å². The molecule has 1 aliphatic heterocycles. The number of alkyl halides is 3. The standard InChI is InChI=1S/C17H12ClF3N2O4S/c18-13-6-1-10(17(19,20)21)9-14(13)22-28(26,27)12-4-2-11(3-5-12)23-15(24)7-8-16(23)25/h1-6,9,22H,7-8H2. The molecule has 1 fully saturated rings. The van der Waals surface area contributed by atoms with Crippen LogP contribution in [-0.4, -0.2) is 20.2 Å². The number of nitrogens with zero attached hydrogens (tertiary/aromatic N) is 1. The summed E-state index contributed by atoms with van der Waals surface area (Å²) in [6.07, 6.45) is -4.51. The van der Waals surface area contributed by atoms with Crippen molar-refractivity contribution in [2.75, 3.05) is 9.62 Å². The van der Waals surface area contributed by atoms with E-state index >= 15 is 0 Å². The molecule has 1 heterocycles. The van der Waals surface area contributed by atoms with Gasteiger partial charge in [-0.25, -0.2) is 8.42 Å². The number of carbonyl (C=O) groups is 2. The van der Waals surface area contributed by atoms with E-state index in [9.17, 15) is 31.2 Å². The van der Waals surface area contributed by atoms with Crippen molar-refractivity contribution >= 4 is 44.8 Å². The zero-order valence-electron chi connectivity index (χ0n) is 14.0. The van der Waals surface area contributed by atoms with E-state index in [0.29, 0.717) is 6.07 Å². The van der Waals surface area contributed by atoms with Crippen molar-refractivity contribution in [3.63, 3.8) is 0 Å². The second kappa shape index (κ2) is 7.10. The molecule has 28 heavy (non-hydrogen) atoms. The molecule has 0 saturated carbocycles. The molecule has 0 spiro atoms. The van der Waals surface area contributed by atoms with Crippen LogP contribution in [0.2, 0.25) is 5.02 Å². The lowest BCUT2D eigenvalue weighted by atomic mass is 10.2. The molecule has 0 atom stereocenters.